The van der Waals surface area contributed by atoms with Crippen molar-refractivity contribution in [2.75, 3.05) is 7.05 Å². The van der Waals surface area contributed by atoms with Crippen molar-refractivity contribution < 1.29 is 4.79 Å². The lowest BCUT2D eigenvalue weighted by atomic mass is 9.90. The molecule has 1 aromatic carbocycles. The summed E-state index contributed by atoms with van der Waals surface area (Å²) in [4.78, 5) is 15.4. The summed E-state index contributed by atoms with van der Waals surface area (Å²) >= 11 is 12.7. The molecule has 1 aromatic rings. The van der Waals surface area contributed by atoms with Gasteiger partial charge in [-0.05, 0) is 25.3 Å². The number of nitrogens with zero attached hydrogens (tertiary/aromatic N) is 1. The molecule has 0 fully saturated rings. The monoisotopic (exact) mass is 322 g/mol. The maximum absolute atomic E-state index is 11.1. The van der Waals surface area contributed by atoms with E-state index >= 15 is 0 Å². The van der Waals surface area contributed by atoms with Gasteiger partial charge in [0, 0.05) is 29.5 Å². The number of carbonyl (C=O) groups excluding carboxylic acids is 1. The van der Waals surface area contributed by atoms with E-state index in [0.29, 0.717) is 45.5 Å². The minimum Gasteiger partial charge on any atom is -0.401 e. The normalized spacial score (nSPS) is 16.5. The smallest absolute Gasteiger partial charge is 0.147 e. The zero-order chi connectivity index (χ0) is 15.6. The molecule has 0 saturated heterocycles. The summed E-state index contributed by atoms with van der Waals surface area (Å²) in [5.74, 6) is 0. The van der Waals surface area contributed by atoms with Crippen LogP contribution in [0.1, 0.15) is 24.0 Å². The van der Waals surface area contributed by atoms with Gasteiger partial charge in [0.2, 0.25) is 0 Å². The summed E-state index contributed by atoms with van der Waals surface area (Å²) in [6.45, 7) is 1.92. The van der Waals surface area contributed by atoms with Gasteiger partial charge in [0.25, 0.3) is 0 Å². The number of halogens is 2. The third-order valence-electron chi connectivity index (χ3n) is 3.54. The number of hydrogen-bond acceptors (Lipinski definition) is 3. The van der Waals surface area contributed by atoms with E-state index in [1.54, 1.807) is 7.05 Å². The van der Waals surface area contributed by atoms with Crippen molar-refractivity contribution in [3.05, 3.63) is 56.2 Å². The number of nitrogens with two attached hydrogens (primary N) is 1. The van der Waals surface area contributed by atoms with Crippen LogP contribution in [-0.4, -0.2) is 19.0 Å². The Balaban J connectivity index is 2.65. The Bertz CT molecular complexity index is 688. The Hall–Kier alpha value is -1.58. The van der Waals surface area contributed by atoms with Crippen LogP contribution >= 0.6 is 23.2 Å². The van der Waals surface area contributed by atoms with Gasteiger partial charge >= 0.3 is 0 Å². The fraction of sp³-hybridized carbons (Fsp3) is 0.250. The second-order valence-corrected chi connectivity index (χ2v) is 5.62. The molecule has 0 saturated carbocycles. The summed E-state index contributed by atoms with van der Waals surface area (Å²) in [6.07, 6.45) is 1.91. The molecule has 0 radical (unpaired) electrons. The predicted octanol–water partition coefficient (Wildman–Crippen LogP) is 3.77. The zero-order valence-electron chi connectivity index (χ0n) is 11.9. The van der Waals surface area contributed by atoms with E-state index in [1.807, 2.05) is 25.1 Å². The summed E-state index contributed by atoms with van der Waals surface area (Å²) in [5, 5.41) is 0.980. The highest BCUT2D eigenvalue weighted by atomic mass is 35.5. The zero-order valence-corrected chi connectivity index (χ0v) is 13.4. The SMILES string of the molecule is CN=C(C1=C(N)CCC(C=O)=C1Cl)c1cccc(C)c1Cl. The summed E-state index contributed by atoms with van der Waals surface area (Å²) in [7, 11) is 1.66. The van der Waals surface area contributed by atoms with Gasteiger partial charge in [-0.2, -0.15) is 0 Å². The van der Waals surface area contributed by atoms with Gasteiger partial charge in [-0.25, -0.2) is 0 Å². The van der Waals surface area contributed by atoms with Crippen molar-refractivity contribution in [1.82, 2.24) is 0 Å². The molecule has 0 bridgehead atoms. The molecule has 0 aromatic heterocycles. The summed E-state index contributed by atoms with van der Waals surface area (Å²) in [6, 6.07) is 5.70. The average Bonchev–Trinajstić information content (AvgIpc) is 2.47. The molecule has 0 heterocycles. The van der Waals surface area contributed by atoms with Crippen LogP contribution in [0.4, 0.5) is 0 Å². The van der Waals surface area contributed by atoms with Gasteiger partial charge < -0.3 is 5.73 Å². The van der Waals surface area contributed by atoms with Crippen molar-refractivity contribution in [2.45, 2.75) is 19.8 Å². The molecule has 1 aliphatic carbocycles. The number of rotatable bonds is 3. The summed E-state index contributed by atoms with van der Waals surface area (Å²) in [5.41, 5.74) is 10.2. The van der Waals surface area contributed by atoms with Crippen LogP contribution in [0.2, 0.25) is 5.02 Å². The van der Waals surface area contributed by atoms with E-state index in [0.717, 1.165) is 17.4 Å². The Kier molecular flexibility index (Phi) is 4.86. The van der Waals surface area contributed by atoms with E-state index in [9.17, 15) is 4.79 Å². The molecule has 21 heavy (non-hydrogen) atoms. The Morgan fingerprint density at radius 3 is 2.67 bits per heavy atom. The van der Waals surface area contributed by atoms with Crippen molar-refractivity contribution in [3.8, 4) is 0 Å². The van der Waals surface area contributed by atoms with Crippen molar-refractivity contribution in [2.24, 2.45) is 10.7 Å². The Morgan fingerprint density at radius 1 is 1.33 bits per heavy atom. The third kappa shape index (κ3) is 2.89. The van der Waals surface area contributed by atoms with Gasteiger partial charge in [-0.1, -0.05) is 41.4 Å². The molecule has 1 aliphatic rings. The number of aliphatic imine (C=N–C) groups is 1. The molecule has 0 unspecified atom stereocenters. The van der Waals surface area contributed by atoms with Crippen LogP contribution in [0.5, 0.6) is 0 Å². The highest BCUT2D eigenvalue weighted by Crippen LogP contribution is 2.34. The first-order valence-electron chi connectivity index (χ1n) is 6.56. The van der Waals surface area contributed by atoms with Crippen LogP contribution < -0.4 is 5.73 Å². The van der Waals surface area contributed by atoms with Crippen LogP contribution in [-0.2, 0) is 4.79 Å². The predicted molar refractivity (Wildman–Crippen MR) is 88.0 cm³/mol. The average molecular weight is 323 g/mol. The van der Waals surface area contributed by atoms with Crippen LogP contribution in [0.25, 0.3) is 0 Å². The molecule has 0 atom stereocenters. The number of hydrogen-bond donors (Lipinski definition) is 1. The standard InChI is InChI=1S/C16H16Cl2N2O/c1-9-4-3-5-11(14(9)17)16(20-2)13-12(19)7-6-10(8-21)15(13)18/h3-5,8H,6-7,19H2,1-2H3. The first-order chi connectivity index (χ1) is 10.0. The van der Waals surface area contributed by atoms with Crippen LogP contribution in [0.3, 0.4) is 0 Å². The maximum Gasteiger partial charge on any atom is 0.147 e. The lowest BCUT2D eigenvalue weighted by molar-refractivity contribution is -0.105. The molecule has 5 heteroatoms. The lowest BCUT2D eigenvalue weighted by Crippen LogP contribution is -2.18. The second-order valence-electron chi connectivity index (χ2n) is 4.87. The molecular formula is C16H16Cl2N2O. The van der Waals surface area contributed by atoms with Crippen molar-refractivity contribution >= 4 is 35.2 Å². The lowest BCUT2D eigenvalue weighted by Gasteiger charge is -2.21. The first kappa shape index (κ1) is 15.8. The molecular weight excluding hydrogens is 307 g/mol. The van der Waals surface area contributed by atoms with E-state index in [2.05, 4.69) is 4.99 Å². The van der Waals surface area contributed by atoms with Crippen molar-refractivity contribution in [3.63, 3.8) is 0 Å². The molecule has 0 spiro atoms. The number of benzene rings is 1. The van der Waals surface area contributed by atoms with E-state index < -0.39 is 0 Å². The Morgan fingerprint density at radius 2 is 2.05 bits per heavy atom. The van der Waals surface area contributed by atoms with Gasteiger partial charge in [-0.15, -0.1) is 0 Å². The number of aryl methyl sites for hydroxylation is 1. The van der Waals surface area contributed by atoms with Gasteiger partial charge in [0.15, 0.2) is 0 Å². The largest absolute Gasteiger partial charge is 0.401 e. The molecule has 0 amide bonds. The van der Waals surface area contributed by atoms with Crippen molar-refractivity contribution in [1.29, 1.82) is 0 Å². The Labute approximate surface area is 134 Å². The van der Waals surface area contributed by atoms with Gasteiger partial charge in [0.05, 0.1) is 15.8 Å². The first-order valence-corrected chi connectivity index (χ1v) is 7.32. The van der Waals surface area contributed by atoms with Crippen LogP contribution in [0.15, 0.2) is 45.1 Å². The minimum absolute atomic E-state index is 0.368. The quantitative estimate of drug-likeness (QED) is 0.680. The van der Waals surface area contributed by atoms with E-state index in [4.69, 9.17) is 28.9 Å². The minimum atomic E-state index is 0.368. The number of carbonyl (C=O) groups is 1. The molecule has 3 nitrogen and oxygen atoms in total. The topological polar surface area (TPSA) is 55.4 Å². The molecule has 2 rings (SSSR count). The molecule has 110 valence electrons. The second kappa shape index (κ2) is 6.46. The fourth-order valence-corrected chi connectivity index (χ4v) is 2.93. The highest BCUT2D eigenvalue weighted by Gasteiger charge is 2.24. The molecule has 0 aliphatic heterocycles. The van der Waals surface area contributed by atoms with Gasteiger partial charge in [0.1, 0.15) is 6.29 Å². The van der Waals surface area contributed by atoms with E-state index in [-0.39, 0.29) is 0 Å². The highest BCUT2D eigenvalue weighted by molar-refractivity contribution is 6.41. The van der Waals surface area contributed by atoms with E-state index in [1.165, 1.54) is 0 Å². The molecule has 2 N–H and O–H groups in total. The van der Waals surface area contributed by atoms with Gasteiger partial charge in [-0.3, -0.25) is 9.79 Å². The van der Waals surface area contributed by atoms with Crippen LogP contribution in [0, 0.1) is 6.92 Å². The summed E-state index contributed by atoms with van der Waals surface area (Å²) < 4.78 is 0. The number of allylic oxidation sites excluding steroid dienone is 4. The third-order valence-corrected chi connectivity index (χ3v) is 4.47. The fourth-order valence-electron chi connectivity index (χ4n) is 2.37. The maximum atomic E-state index is 11.1. The number of aldehydes is 1.